The third-order valence-electron chi connectivity index (χ3n) is 3.71. The van der Waals surface area contributed by atoms with Crippen molar-refractivity contribution < 1.29 is 24.2 Å². The molecule has 22 heavy (non-hydrogen) atoms. The number of carbonyl (C=O) groups excluding carboxylic acids is 2. The van der Waals surface area contributed by atoms with Crippen LogP contribution in [0.4, 0.5) is 4.79 Å². The van der Waals surface area contributed by atoms with Crippen molar-refractivity contribution in [3.05, 3.63) is 29.8 Å². The minimum atomic E-state index is -1.29. The van der Waals surface area contributed by atoms with E-state index in [2.05, 4.69) is 5.32 Å². The number of nitrogens with zero attached hydrogens (tertiary/aromatic N) is 1. The van der Waals surface area contributed by atoms with Crippen LogP contribution < -0.4 is 10.1 Å². The lowest BCUT2D eigenvalue weighted by Gasteiger charge is -2.23. The molecular weight excluding hydrogens is 288 g/mol. The van der Waals surface area contributed by atoms with Gasteiger partial charge >= 0.3 is 12.0 Å². The average Bonchev–Trinajstić information content (AvgIpc) is 2.70. The van der Waals surface area contributed by atoms with Gasteiger partial charge in [0.15, 0.2) is 0 Å². The van der Waals surface area contributed by atoms with Crippen LogP contribution in [0.3, 0.4) is 0 Å². The number of nitrogens with one attached hydrogen (secondary N) is 1. The predicted octanol–water partition coefficient (Wildman–Crippen LogP) is 1.33. The van der Waals surface area contributed by atoms with E-state index in [1.807, 2.05) is 6.92 Å². The van der Waals surface area contributed by atoms with E-state index < -0.39 is 29.5 Å². The summed E-state index contributed by atoms with van der Waals surface area (Å²) in [5, 5.41) is 11.6. The Balaban J connectivity index is 2.32. The van der Waals surface area contributed by atoms with Crippen molar-refractivity contribution in [1.82, 2.24) is 10.2 Å². The van der Waals surface area contributed by atoms with E-state index >= 15 is 0 Å². The Labute approximate surface area is 127 Å². The first-order valence-electron chi connectivity index (χ1n) is 6.93. The van der Waals surface area contributed by atoms with Gasteiger partial charge in [-0.25, -0.2) is 14.5 Å². The lowest BCUT2D eigenvalue weighted by atomic mass is 9.92. The Morgan fingerprint density at radius 1 is 1.36 bits per heavy atom. The van der Waals surface area contributed by atoms with Crippen molar-refractivity contribution in [3.63, 3.8) is 0 Å². The summed E-state index contributed by atoms with van der Waals surface area (Å²) in [6.45, 7) is 5.23. The number of hydrogen-bond acceptors (Lipinski definition) is 4. The smallest absolute Gasteiger partial charge is 0.326 e. The lowest BCUT2D eigenvalue weighted by Crippen LogP contribution is -2.45. The topological polar surface area (TPSA) is 95.9 Å². The van der Waals surface area contributed by atoms with E-state index in [4.69, 9.17) is 9.84 Å². The molecule has 7 nitrogen and oxygen atoms in total. The molecule has 2 unspecified atom stereocenters. The van der Waals surface area contributed by atoms with Gasteiger partial charge < -0.3 is 15.2 Å². The van der Waals surface area contributed by atoms with Gasteiger partial charge in [-0.2, -0.15) is 0 Å². The fourth-order valence-corrected chi connectivity index (χ4v) is 2.37. The molecule has 1 heterocycles. The maximum atomic E-state index is 12.5. The van der Waals surface area contributed by atoms with Crippen LogP contribution in [0.5, 0.6) is 5.75 Å². The molecule has 2 rings (SSSR count). The number of carbonyl (C=O) groups is 3. The predicted molar refractivity (Wildman–Crippen MR) is 77.4 cm³/mol. The summed E-state index contributed by atoms with van der Waals surface area (Å²) in [5.74, 6) is -1.17. The van der Waals surface area contributed by atoms with Crippen molar-refractivity contribution in [2.45, 2.75) is 32.4 Å². The third kappa shape index (κ3) is 2.49. The van der Waals surface area contributed by atoms with Crippen molar-refractivity contribution >= 4 is 17.9 Å². The second-order valence-electron chi connectivity index (χ2n) is 5.20. The fourth-order valence-electron chi connectivity index (χ4n) is 2.37. The van der Waals surface area contributed by atoms with E-state index in [0.717, 1.165) is 4.90 Å². The summed E-state index contributed by atoms with van der Waals surface area (Å²) in [6, 6.07) is 4.82. The SMILES string of the molecule is CCOc1ccc(C2(C)NC(=O)N(C(C)C(=O)O)C2=O)cc1. The van der Waals surface area contributed by atoms with E-state index in [1.54, 1.807) is 31.2 Å². The zero-order valence-electron chi connectivity index (χ0n) is 12.6. The molecule has 0 saturated carbocycles. The summed E-state index contributed by atoms with van der Waals surface area (Å²) in [4.78, 5) is 36.3. The van der Waals surface area contributed by atoms with Crippen LogP contribution in [-0.4, -0.2) is 40.6 Å². The quantitative estimate of drug-likeness (QED) is 0.800. The minimum Gasteiger partial charge on any atom is -0.494 e. The molecule has 0 bridgehead atoms. The first-order chi connectivity index (χ1) is 10.3. The first-order valence-corrected chi connectivity index (χ1v) is 6.93. The van der Waals surface area contributed by atoms with Gasteiger partial charge in [0.05, 0.1) is 6.61 Å². The van der Waals surface area contributed by atoms with E-state index in [-0.39, 0.29) is 0 Å². The molecule has 1 aliphatic rings. The van der Waals surface area contributed by atoms with Gasteiger partial charge in [0.1, 0.15) is 17.3 Å². The molecule has 0 radical (unpaired) electrons. The first kappa shape index (κ1) is 15.8. The van der Waals surface area contributed by atoms with Gasteiger partial charge in [0, 0.05) is 0 Å². The van der Waals surface area contributed by atoms with Crippen LogP contribution in [0.15, 0.2) is 24.3 Å². The number of carboxylic acids is 1. The summed E-state index contributed by atoms with van der Waals surface area (Å²) in [7, 11) is 0. The summed E-state index contributed by atoms with van der Waals surface area (Å²) in [6.07, 6.45) is 0. The fraction of sp³-hybridized carbons (Fsp3) is 0.400. The number of urea groups is 1. The molecule has 0 spiro atoms. The molecule has 7 heteroatoms. The standard InChI is InChI=1S/C15H18N2O5/c1-4-22-11-7-5-10(6-8-11)15(3)13(20)17(14(21)16-15)9(2)12(18)19/h5-9H,4H2,1-3H3,(H,16,21)(H,18,19). The van der Waals surface area contributed by atoms with Crippen LogP contribution >= 0.6 is 0 Å². The van der Waals surface area contributed by atoms with Gasteiger partial charge in [-0.05, 0) is 38.5 Å². The Morgan fingerprint density at radius 3 is 2.45 bits per heavy atom. The summed E-state index contributed by atoms with van der Waals surface area (Å²) < 4.78 is 5.33. The Bertz CT molecular complexity index is 613. The largest absolute Gasteiger partial charge is 0.494 e. The average molecular weight is 306 g/mol. The maximum Gasteiger partial charge on any atom is 0.326 e. The molecule has 0 aromatic heterocycles. The minimum absolute atomic E-state index is 0.524. The second-order valence-corrected chi connectivity index (χ2v) is 5.20. The van der Waals surface area contributed by atoms with Crippen molar-refractivity contribution in [3.8, 4) is 5.75 Å². The van der Waals surface area contributed by atoms with Gasteiger partial charge in [0.25, 0.3) is 5.91 Å². The molecule has 0 aliphatic carbocycles. The highest BCUT2D eigenvalue weighted by molar-refractivity contribution is 6.09. The zero-order chi connectivity index (χ0) is 16.5. The van der Waals surface area contributed by atoms with Gasteiger partial charge in [0.2, 0.25) is 0 Å². The zero-order valence-corrected chi connectivity index (χ0v) is 12.6. The second kappa shape index (κ2) is 5.67. The number of amides is 3. The van der Waals surface area contributed by atoms with E-state index in [1.165, 1.54) is 6.92 Å². The van der Waals surface area contributed by atoms with E-state index in [9.17, 15) is 14.4 Å². The van der Waals surface area contributed by atoms with Crippen molar-refractivity contribution in [1.29, 1.82) is 0 Å². The molecule has 1 aromatic carbocycles. The highest BCUT2D eigenvalue weighted by Gasteiger charge is 2.51. The third-order valence-corrected chi connectivity index (χ3v) is 3.71. The monoisotopic (exact) mass is 306 g/mol. The van der Waals surface area contributed by atoms with E-state index in [0.29, 0.717) is 17.9 Å². The van der Waals surface area contributed by atoms with Crippen molar-refractivity contribution in [2.75, 3.05) is 6.61 Å². The number of imide groups is 1. The molecule has 1 saturated heterocycles. The normalized spacial score (nSPS) is 22.4. The number of aliphatic carboxylic acids is 1. The summed E-state index contributed by atoms with van der Waals surface area (Å²) in [5.41, 5.74) is -0.722. The lowest BCUT2D eigenvalue weighted by molar-refractivity contribution is -0.147. The van der Waals surface area contributed by atoms with Crippen LogP contribution in [0, 0.1) is 0 Å². The number of ether oxygens (including phenoxy) is 1. The van der Waals surface area contributed by atoms with Crippen LogP contribution in [0.2, 0.25) is 0 Å². The number of benzene rings is 1. The molecular formula is C15H18N2O5. The Kier molecular flexibility index (Phi) is 4.07. The molecule has 2 N–H and O–H groups in total. The van der Waals surface area contributed by atoms with Crippen molar-refractivity contribution in [2.24, 2.45) is 0 Å². The molecule has 3 amide bonds. The molecule has 2 atom stereocenters. The van der Waals surface area contributed by atoms with Gasteiger partial charge in [-0.1, -0.05) is 12.1 Å². The van der Waals surface area contributed by atoms with Gasteiger partial charge in [-0.15, -0.1) is 0 Å². The van der Waals surface area contributed by atoms with Crippen LogP contribution in [0.1, 0.15) is 26.3 Å². The number of carboxylic acid groups (broad SMARTS) is 1. The number of rotatable bonds is 5. The molecule has 1 fully saturated rings. The molecule has 1 aromatic rings. The number of hydrogen-bond donors (Lipinski definition) is 2. The van der Waals surface area contributed by atoms with Crippen LogP contribution in [0.25, 0.3) is 0 Å². The maximum absolute atomic E-state index is 12.5. The summed E-state index contributed by atoms with van der Waals surface area (Å²) >= 11 is 0. The Morgan fingerprint density at radius 2 is 1.95 bits per heavy atom. The molecule has 118 valence electrons. The highest BCUT2D eigenvalue weighted by atomic mass is 16.5. The van der Waals surface area contributed by atoms with Gasteiger partial charge in [-0.3, -0.25) is 4.79 Å². The van der Waals surface area contributed by atoms with Crippen LogP contribution in [-0.2, 0) is 15.1 Å². The Hall–Kier alpha value is -2.57. The highest BCUT2D eigenvalue weighted by Crippen LogP contribution is 2.31. The molecule has 1 aliphatic heterocycles.